The van der Waals surface area contributed by atoms with Crippen LogP contribution in [0.15, 0.2) is 0 Å². The molecule has 4 N–H and O–H groups in total. The van der Waals surface area contributed by atoms with Crippen molar-refractivity contribution < 1.29 is 9.59 Å². The van der Waals surface area contributed by atoms with Gasteiger partial charge in [-0.15, -0.1) is 0 Å². The molecule has 0 bridgehead atoms. The third-order valence-electron chi connectivity index (χ3n) is 4.91. The smallest absolute Gasteiger partial charge is 0.223 e. The molecule has 116 valence electrons. The number of nitrogens with one attached hydrogen (secondary N) is 2. The second kappa shape index (κ2) is 6.44. The average molecular weight is 292 g/mol. The molecular weight excluding hydrogens is 268 g/mol. The fourth-order valence-electron chi connectivity index (χ4n) is 3.45. The van der Waals surface area contributed by atoms with Crippen molar-refractivity contribution in [3.63, 3.8) is 0 Å². The van der Waals surface area contributed by atoms with Gasteiger partial charge in [0.2, 0.25) is 11.8 Å². The van der Waals surface area contributed by atoms with Gasteiger partial charge in [-0.2, -0.15) is 5.26 Å². The predicted molar refractivity (Wildman–Crippen MR) is 77.9 cm³/mol. The number of primary amides is 1. The first-order chi connectivity index (χ1) is 10.0. The molecule has 6 nitrogen and oxygen atoms in total. The van der Waals surface area contributed by atoms with Crippen LogP contribution < -0.4 is 16.4 Å². The summed E-state index contributed by atoms with van der Waals surface area (Å²) in [7, 11) is 0. The highest BCUT2D eigenvalue weighted by Gasteiger charge is 2.39. The van der Waals surface area contributed by atoms with E-state index in [1.54, 1.807) is 0 Å². The van der Waals surface area contributed by atoms with E-state index in [1.165, 1.54) is 0 Å². The number of rotatable bonds is 5. The first-order valence-corrected chi connectivity index (χ1v) is 7.75. The second-order valence-corrected chi connectivity index (χ2v) is 6.37. The predicted octanol–water partition coefficient (Wildman–Crippen LogP) is 0.574. The van der Waals surface area contributed by atoms with Crippen LogP contribution in [-0.4, -0.2) is 30.4 Å². The Balaban J connectivity index is 1.90. The summed E-state index contributed by atoms with van der Waals surface area (Å²) in [5.41, 5.74) is 4.26. The molecule has 0 aromatic heterocycles. The van der Waals surface area contributed by atoms with Gasteiger partial charge in [0, 0.05) is 18.4 Å². The van der Waals surface area contributed by atoms with Crippen molar-refractivity contribution in [3.8, 4) is 6.07 Å². The first-order valence-electron chi connectivity index (χ1n) is 7.75. The Morgan fingerprint density at radius 3 is 2.48 bits per heavy atom. The van der Waals surface area contributed by atoms with Crippen molar-refractivity contribution in [3.05, 3.63) is 0 Å². The van der Waals surface area contributed by atoms with Gasteiger partial charge < -0.3 is 16.4 Å². The summed E-state index contributed by atoms with van der Waals surface area (Å²) in [5.74, 6) is -0.445. The highest BCUT2D eigenvalue weighted by molar-refractivity contribution is 5.83. The van der Waals surface area contributed by atoms with E-state index in [4.69, 9.17) is 5.73 Å². The Morgan fingerprint density at radius 2 is 1.95 bits per heavy atom. The molecule has 21 heavy (non-hydrogen) atoms. The lowest BCUT2D eigenvalue weighted by atomic mass is 9.70. The van der Waals surface area contributed by atoms with Gasteiger partial charge in [-0.3, -0.25) is 9.59 Å². The summed E-state index contributed by atoms with van der Waals surface area (Å²) in [6.45, 7) is 1.22. The van der Waals surface area contributed by atoms with Crippen molar-refractivity contribution in [2.75, 3.05) is 13.1 Å². The van der Waals surface area contributed by atoms with Gasteiger partial charge in [0.15, 0.2) is 0 Å². The van der Waals surface area contributed by atoms with Gasteiger partial charge in [-0.25, -0.2) is 0 Å². The average Bonchev–Trinajstić information content (AvgIpc) is 2.95. The summed E-state index contributed by atoms with van der Waals surface area (Å²) in [4.78, 5) is 23.9. The number of hydrogen-bond donors (Lipinski definition) is 3. The zero-order valence-electron chi connectivity index (χ0n) is 12.4. The zero-order chi connectivity index (χ0) is 15.3. The van der Waals surface area contributed by atoms with E-state index in [1.807, 2.05) is 0 Å². The molecule has 2 rings (SSSR count). The van der Waals surface area contributed by atoms with Crippen LogP contribution in [0.5, 0.6) is 0 Å². The quantitative estimate of drug-likeness (QED) is 0.688. The fraction of sp³-hybridized carbons (Fsp3) is 0.800. The molecular formula is C15H24N4O2. The van der Waals surface area contributed by atoms with E-state index >= 15 is 0 Å². The molecule has 1 unspecified atom stereocenters. The van der Waals surface area contributed by atoms with Crippen LogP contribution in [-0.2, 0) is 9.59 Å². The van der Waals surface area contributed by atoms with Gasteiger partial charge in [0.05, 0.1) is 6.07 Å². The van der Waals surface area contributed by atoms with E-state index < -0.39 is 11.0 Å². The maximum atomic E-state index is 12.1. The van der Waals surface area contributed by atoms with Gasteiger partial charge >= 0.3 is 0 Å². The molecule has 1 atom stereocenters. The Bertz CT molecular complexity index is 443. The van der Waals surface area contributed by atoms with Gasteiger partial charge in [0.1, 0.15) is 5.54 Å². The van der Waals surface area contributed by atoms with Crippen molar-refractivity contribution in [1.82, 2.24) is 10.6 Å². The topological polar surface area (TPSA) is 108 Å². The van der Waals surface area contributed by atoms with Crippen LogP contribution in [0.4, 0.5) is 0 Å². The third-order valence-corrected chi connectivity index (χ3v) is 4.91. The number of amides is 2. The third kappa shape index (κ3) is 3.53. The minimum Gasteiger partial charge on any atom is -0.369 e. The Hall–Kier alpha value is -1.61. The largest absolute Gasteiger partial charge is 0.369 e. The SMILES string of the molecule is N#CC1(NC(=O)CCC2(C(N)=O)CCCCC2)CCNC1. The zero-order valence-corrected chi connectivity index (χ0v) is 12.4. The molecule has 0 radical (unpaired) electrons. The summed E-state index contributed by atoms with van der Waals surface area (Å²) in [6.07, 6.45) is 6.05. The monoisotopic (exact) mass is 292 g/mol. The van der Waals surface area contributed by atoms with Crippen molar-refractivity contribution in [1.29, 1.82) is 5.26 Å². The molecule has 1 aliphatic heterocycles. The highest BCUT2D eigenvalue weighted by atomic mass is 16.2. The van der Waals surface area contributed by atoms with Crippen molar-refractivity contribution in [2.24, 2.45) is 11.1 Å². The molecule has 6 heteroatoms. The molecule has 1 saturated carbocycles. The van der Waals surface area contributed by atoms with E-state index in [0.29, 0.717) is 19.4 Å². The number of nitriles is 1. The standard InChI is InChI=1S/C15H24N4O2/c16-10-15(8-9-18-11-15)19-12(20)4-7-14(13(17)21)5-2-1-3-6-14/h18H,1-9,11H2,(H2,17,21)(H,19,20). The number of carbonyl (C=O) groups excluding carboxylic acids is 2. The Kier molecular flexibility index (Phi) is 4.84. The maximum absolute atomic E-state index is 12.1. The number of nitrogens with zero attached hydrogens (tertiary/aromatic N) is 1. The molecule has 1 saturated heterocycles. The Labute approximate surface area is 125 Å². The van der Waals surface area contributed by atoms with Crippen LogP contribution in [0.25, 0.3) is 0 Å². The lowest BCUT2D eigenvalue weighted by Gasteiger charge is -2.34. The summed E-state index contributed by atoms with van der Waals surface area (Å²) < 4.78 is 0. The van der Waals surface area contributed by atoms with Crippen LogP contribution in [0.3, 0.4) is 0 Å². The molecule has 0 spiro atoms. The molecule has 2 amide bonds. The van der Waals surface area contributed by atoms with Gasteiger partial charge in [-0.05, 0) is 32.2 Å². The van der Waals surface area contributed by atoms with E-state index in [2.05, 4.69) is 16.7 Å². The van der Waals surface area contributed by atoms with E-state index in [-0.39, 0.29) is 18.2 Å². The number of carbonyl (C=O) groups is 2. The molecule has 0 aromatic rings. The molecule has 1 heterocycles. The van der Waals surface area contributed by atoms with Gasteiger partial charge in [0.25, 0.3) is 0 Å². The molecule has 2 aliphatic rings. The summed E-state index contributed by atoms with van der Waals surface area (Å²) in [6, 6.07) is 2.19. The lowest BCUT2D eigenvalue weighted by Crippen LogP contribution is -2.49. The van der Waals surface area contributed by atoms with Crippen LogP contribution in [0.2, 0.25) is 0 Å². The normalized spacial score (nSPS) is 27.8. The summed E-state index contributed by atoms with van der Waals surface area (Å²) >= 11 is 0. The van der Waals surface area contributed by atoms with Gasteiger partial charge in [-0.1, -0.05) is 19.3 Å². The molecule has 0 aromatic carbocycles. The number of nitrogens with two attached hydrogens (primary N) is 1. The lowest BCUT2D eigenvalue weighted by molar-refractivity contribution is -0.131. The van der Waals surface area contributed by atoms with Crippen LogP contribution in [0, 0.1) is 16.7 Å². The number of hydrogen-bond acceptors (Lipinski definition) is 4. The van der Waals surface area contributed by atoms with Crippen LogP contribution >= 0.6 is 0 Å². The fourth-order valence-corrected chi connectivity index (χ4v) is 3.45. The minimum absolute atomic E-state index is 0.161. The van der Waals surface area contributed by atoms with E-state index in [0.717, 1.165) is 38.6 Å². The first kappa shape index (κ1) is 15.8. The van der Waals surface area contributed by atoms with E-state index in [9.17, 15) is 14.9 Å². The highest BCUT2D eigenvalue weighted by Crippen LogP contribution is 2.40. The second-order valence-electron chi connectivity index (χ2n) is 6.37. The minimum atomic E-state index is -0.788. The van der Waals surface area contributed by atoms with Crippen molar-refractivity contribution >= 4 is 11.8 Å². The van der Waals surface area contributed by atoms with Crippen molar-refractivity contribution in [2.45, 2.75) is 56.9 Å². The maximum Gasteiger partial charge on any atom is 0.223 e. The molecule has 2 fully saturated rings. The summed E-state index contributed by atoms with van der Waals surface area (Å²) in [5, 5.41) is 15.2. The molecule has 1 aliphatic carbocycles. The Morgan fingerprint density at radius 1 is 1.24 bits per heavy atom. The van der Waals surface area contributed by atoms with Crippen LogP contribution in [0.1, 0.15) is 51.4 Å².